The van der Waals surface area contributed by atoms with Crippen LogP contribution < -0.4 is 5.32 Å². The van der Waals surface area contributed by atoms with Gasteiger partial charge in [0.05, 0.1) is 12.8 Å². The number of aromatic nitrogens is 1. The fraction of sp³-hybridized carbons (Fsp3) is 0.188. The van der Waals surface area contributed by atoms with Crippen molar-refractivity contribution in [1.29, 1.82) is 0 Å². The minimum Gasteiger partial charge on any atom is -0.467 e. The van der Waals surface area contributed by atoms with Gasteiger partial charge < -0.3 is 8.98 Å². The lowest BCUT2D eigenvalue weighted by molar-refractivity contribution is -0.130. The van der Waals surface area contributed by atoms with E-state index >= 15 is 0 Å². The maximum atomic E-state index is 12.5. The Labute approximate surface area is 132 Å². The predicted octanol–water partition coefficient (Wildman–Crippen LogP) is 1.76. The lowest BCUT2D eigenvalue weighted by atomic mass is 10.1. The van der Waals surface area contributed by atoms with Gasteiger partial charge >= 0.3 is 6.03 Å². The quantitative estimate of drug-likeness (QED) is 0.688. The molecule has 7 heteroatoms. The summed E-state index contributed by atoms with van der Waals surface area (Å²) in [4.78, 5) is 37.4. The summed E-state index contributed by atoms with van der Waals surface area (Å²) < 4.78 is 7.04. The zero-order chi connectivity index (χ0) is 16.4. The number of carbonyl (C=O) groups excluding carboxylic acids is 3. The van der Waals surface area contributed by atoms with Gasteiger partial charge in [-0.3, -0.25) is 19.8 Å². The molecule has 3 heterocycles. The highest BCUT2D eigenvalue weighted by molar-refractivity contribution is 6.30. The van der Waals surface area contributed by atoms with Crippen molar-refractivity contribution in [3.05, 3.63) is 53.8 Å². The van der Waals surface area contributed by atoms with Crippen LogP contribution >= 0.6 is 0 Å². The first-order chi connectivity index (χ1) is 11.1. The zero-order valence-electron chi connectivity index (χ0n) is 12.5. The van der Waals surface area contributed by atoms with Gasteiger partial charge in [0.2, 0.25) is 0 Å². The average molecular weight is 313 g/mol. The summed E-state index contributed by atoms with van der Waals surface area (Å²) in [5, 5.41) is 2.18. The Hall–Kier alpha value is -3.09. The third-order valence-corrected chi connectivity index (χ3v) is 3.58. The van der Waals surface area contributed by atoms with Gasteiger partial charge in [-0.15, -0.1) is 0 Å². The van der Waals surface area contributed by atoms with Crippen LogP contribution in [0.25, 0.3) is 6.08 Å². The van der Waals surface area contributed by atoms with E-state index in [2.05, 4.69) is 5.32 Å². The lowest BCUT2D eigenvalue weighted by Gasteiger charge is -2.25. The van der Waals surface area contributed by atoms with Gasteiger partial charge in [0, 0.05) is 18.4 Å². The van der Waals surface area contributed by atoms with E-state index < -0.39 is 17.8 Å². The van der Waals surface area contributed by atoms with E-state index in [1.807, 2.05) is 23.8 Å². The molecule has 7 nitrogen and oxygen atoms in total. The van der Waals surface area contributed by atoms with Gasteiger partial charge in [0.15, 0.2) is 0 Å². The van der Waals surface area contributed by atoms with E-state index in [4.69, 9.17) is 4.42 Å². The van der Waals surface area contributed by atoms with Crippen LogP contribution in [0.15, 0.2) is 46.7 Å². The highest BCUT2D eigenvalue weighted by Crippen LogP contribution is 2.17. The molecule has 0 atom stereocenters. The van der Waals surface area contributed by atoms with Crippen molar-refractivity contribution in [2.45, 2.75) is 20.0 Å². The summed E-state index contributed by atoms with van der Waals surface area (Å²) in [7, 11) is 0. The molecule has 23 heavy (non-hydrogen) atoms. The molecule has 118 valence electrons. The molecule has 0 aliphatic carbocycles. The second-order valence-electron chi connectivity index (χ2n) is 5.01. The first-order valence-corrected chi connectivity index (χ1v) is 7.16. The maximum absolute atomic E-state index is 12.5. The Kier molecular flexibility index (Phi) is 3.84. The molecule has 4 amide bonds. The minimum atomic E-state index is -0.751. The van der Waals surface area contributed by atoms with Gasteiger partial charge in [0.1, 0.15) is 11.3 Å². The van der Waals surface area contributed by atoms with Crippen LogP contribution in [0.4, 0.5) is 4.79 Å². The molecule has 0 unspecified atom stereocenters. The Morgan fingerprint density at radius 3 is 2.74 bits per heavy atom. The van der Waals surface area contributed by atoms with Crippen molar-refractivity contribution in [2.75, 3.05) is 0 Å². The third-order valence-electron chi connectivity index (χ3n) is 3.58. The number of carbonyl (C=O) groups is 3. The summed E-state index contributed by atoms with van der Waals surface area (Å²) in [5.41, 5.74) is 0.642. The van der Waals surface area contributed by atoms with Gasteiger partial charge in [0.25, 0.3) is 11.8 Å². The number of hydrogen-bond acceptors (Lipinski definition) is 4. The maximum Gasteiger partial charge on any atom is 0.331 e. The normalized spacial score (nSPS) is 17.0. The SMILES string of the molecule is CCn1cccc1/C=C1\C(=O)NC(=O)N(Cc2ccco2)C1=O. The van der Waals surface area contributed by atoms with Crippen LogP contribution in [0.2, 0.25) is 0 Å². The summed E-state index contributed by atoms with van der Waals surface area (Å²) in [5.74, 6) is -0.877. The van der Waals surface area contributed by atoms with Crippen LogP contribution in [0.3, 0.4) is 0 Å². The number of rotatable bonds is 4. The average Bonchev–Trinajstić information content (AvgIpc) is 3.19. The largest absolute Gasteiger partial charge is 0.467 e. The van der Waals surface area contributed by atoms with Crippen LogP contribution in [-0.2, 0) is 22.7 Å². The van der Waals surface area contributed by atoms with Crippen molar-refractivity contribution in [1.82, 2.24) is 14.8 Å². The molecule has 0 spiro atoms. The number of furan rings is 1. The highest BCUT2D eigenvalue weighted by Gasteiger charge is 2.36. The minimum absolute atomic E-state index is 0.0307. The van der Waals surface area contributed by atoms with E-state index in [0.717, 1.165) is 10.6 Å². The molecule has 0 saturated carbocycles. The number of nitrogens with zero attached hydrogens (tertiary/aromatic N) is 2. The number of barbiturate groups is 1. The van der Waals surface area contributed by atoms with E-state index in [1.54, 1.807) is 18.2 Å². The molecule has 1 aliphatic heterocycles. The number of aryl methyl sites for hydroxylation is 1. The molecule has 3 rings (SSSR count). The molecule has 2 aromatic rings. The van der Waals surface area contributed by atoms with Crippen LogP contribution in [0, 0.1) is 0 Å². The van der Waals surface area contributed by atoms with Crippen LogP contribution in [0.1, 0.15) is 18.4 Å². The molecule has 0 bridgehead atoms. The van der Waals surface area contributed by atoms with Crippen molar-refractivity contribution >= 4 is 23.9 Å². The van der Waals surface area contributed by atoms with E-state index in [9.17, 15) is 14.4 Å². The van der Waals surface area contributed by atoms with Gasteiger partial charge in [-0.1, -0.05) is 0 Å². The molecular weight excluding hydrogens is 298 g/mol. The van der Waals surface area contributed by atoms with Crippen LogP contribution in [0.5, 0.6) is 0 Å². The van der Waals surface area contributed by atoms with E-state index in [1.165, 1.54) is 12.3 Å². The number of imide groups is 2. The second kappa shape index (κ2) is 5.96. The Morgan fingerprint density at radius 2 is 2.04 bits per heavy atom. The monoisotopic (exact) mass is 313 g/mol. The summed E-state index contributed by atoms with van der Waals surface area (Å²) in [6.07, 6.45) is 4.80. The number of nitrogens with one attached hydrogen (secondary N) is 1. The molecule has 1 N–H and O–H groups in total. The third kappa shape index (κ3) is 2.80. The summed E-state index contributed by atoms with van der Waals surface area (Å²) >= 11 is 0. The number of amides is 4. The van der Waals surface area contributed by atoms with E-state index in [0.29, 0.717) is 12.3 Å². The van der Waals surface area contributed by atoms with Gasteiger partial charge in [-0.05, 0) is 37.3 Å². The molecule has 2 aromatic heterocycles. The van der Waals surface area contributed by atoms with Crippen LogP contribution in [-0.4, -0.2) is 27.3 Å². The standard InChI is InChI=1S/C16H15N3O4/c1-2-18-7-3-5-11(18)9-13-14(20)17-16(22)19(15(13)21)10-12-6-4-8-23-12/h3-9H,2,10H2,1H3,(H,17,20,22)/b13-9+. The molecule has 1 fully saturated rings. The topological polar surface area (TPSA) is 84.6 Å². The molecule has 1 aliphatic rings. The van der Waals surface area contributed by atoms with Crippen molar-refractivity contribution < 1.29 is 18.8 Å². The number of hydrogen-bond donors (Lipinski definition) is 1. The van der Waals surface area contributed by atoms with Crippen molar-refractivity contribution in [2.24, 2.45) is 0 Å². The molecule has 0 radical (unpaired) electrons. The van der Waals surface area contributed by atoms with Crippen molar-refractivity contribution in [3.8, 4) is 0 Å². The Bertz CT molecular complexity index is 786. The fourth-order valence-electron chi connectivity index (χ4n) is 2.39. The number of urea groups is 1. The van der Waals surface area contributed by atoms with Gasteiger partial charge in [-0.25, -0.2) is 4.79 Å². The highest BCUT2D eigenvalue weighted by atomic mass is 16.3. The Balaban J connectivity index is 1.92. The molecule has 0 aromatic carbocycles. The smallest absolute Gasteiger partial charge is 0.331 e. The molecule has 1 saturated heterocycles. The second-order valence-corrected chi connectivity index (χ2v) is 5.01. The van der Waals surface area contributed by atoms with Crippen molar-refractivity contribution in [3.63, 3.8) is 0 Å². The molecular formula is C16H15N3O4. The van der Waals surface area contributed by atoms with Gasteiger partial charge in [-0.2, -0.15) is 0 Å². The zero-order valence-corrected chi connectivity index (χ0v) is 12.5. The fourth-order valence-corrected chi connectivity index (χ4v) is 2.39. The predicted molar refractivity (Wildman–Crippen MR) is 80.9 cm³/mol. The first kappa shape index (κ1) is 14.8. The Morgan fingerprint density at radius 1 is 1.22 bits per heavy atom. The van der Waals surface area contributed by atoms with E-state index in [-0.39, 0.29) is 12.1 Å². The first-order valence-electron chi connectivity index (χ1n) is 7.16. The summed E-state index contributed by atoms with van der Waals surface area (Å²) in [6, 6.07) is 6.19. The lowest BCUT2D eigenvalue weighted by Crippen LogP contribution is -2.53. The summed E-state index contributed by atoms with van der Waals surface area (Å²) in [6.45, 7) is 2.63.